The van der Waals surface area contributed by atoms with Crippen molar-refractivity contribution in [3.8, 4) is 11.5 Å². The summed E-state index contributed by atoms with van der Waals surface area (Å²) in [4.78, 5) is 8.57. The number of hydrogen-bond acceptors (Lipinski definition) is 5. The number of anilines is 1. The van der Waals surface area contributed by atoms with Gasteiger partial charge in [0.15, 0.2) is 11.0 Å². The lowest BCUT2D eigenvalue weighted by Gasteiger charge is -2.00. The topological polar surface area (TPSA) is 64.7 Å². The first kappa shape index (κ1) is 10.4. The van der Waals surface area contributed by atoms with Crippen molar-refractivity contribution in [2.45, 2.75) is 0 Å². The lowest BCUT2D eigenvalue weighted by molar-refractivity contribution is 1.27. The molecule has 0 unspecified atom stereocenters. The second kappa shape index (κ2) is 3.94. The molecule has 4 nitrogen and oxygen atoms in total. The molecule has 17 heavy (non-hydrogen) atoms. The molecule has 0 bridgehead atoms. The van der Waals surface area contributed by atoms with Gasteiger partial charge in [-0.3, -0.25) is 0 Å². The van der Waals surface area contributed by atoms with Crippen molar-refractivity contribution in [1.29, 1.82) is 0 Å². The zero-order valence-electron chi connectivity index (χ0n) is 8.59. The first-order valence-corrected chi connectivity index (χ1v) is 6.03. The predicted octanol–water partition coefficient (Wildman–Crippen LogP) is 2.99. The van der Waals surface area contributed by atoms with Gasteiger partial charge in [-0.1, -0.05) is 17.7 Å². The summed E-state index contributed by atoms with van der Waals surface area (Å²) >= 11 is 7.07. The highest BCUT2D eigenvalue weighted by molar-refractivity contribution is 7.09. The summed E-state index contributed by atoms with van der Waals surface area (Å²) in [6, 6.07) is 9.36. The Morgan fingerprint density at radius 3 is 2.76 bits per heavy atom. The van der Waals surface area contributed by atoms with Crippen molar-refractivity contribution in [2.75, 3.05) is 5.73 Å². The normalized spacial score (nSPS) is 10.9. The van der Waals surface area contributed by atoms with E-state index in [9.17, 15) is 0 Å². The highest BCUT2D eigenvalue weighted by Crippen LogP contribution is 2.22. The molecule has 3 aromatic rings. The lowest BCUT2D eigenvalue weighted by atomic mass is 10.2. The van der Waals surface area contributed by atoms with Crippen molar-refractivity contribution in [1.82, 2.24) is 14.3 Å². The third-order valence-corrected chi connectivity index (χ3v) is 3.10. The molecule has 3 rings (SSSR count). The summed E-state index contributed by atoms with van der Waals surface area (Å²) in [5.41, 5.74) is 7.13. The van der Waals surface area contributed by atoms with Crippen LogP contribution in [0.25, 0.3) is 22.4 Å². The van der Waals surface area contributed by atoms with Gasteiger partial charge < -0.3 is 5.73 Å². The number of benzene rings is 1. The molecule has 2 aromatic heterocycles. The van der Waals surface area contributed by atoms with Gasteiger partial charge >= 0.3 is 0 Å². The highest BCUT2D eigenvalue weighted by atomic mass is 35.5. The number of nitrogen functional groups attached to an aromatic ring is 1. The minimum absolute atomic E-state index is 0.443. The van der Waals surface area contributed by atoms with Crippen LogP contribution in [0.1, 0.15) is 0 Å². The Balaban J connectivity index is 2.16. The Hall–Kier alpha value is -1.72. The van der Waals surface area contributed by atoms with E-state index in [1.807, 2.05) is 30.3 Å². The number of nitrogens with zero attached hydrogens (tertiary/aromatic N) is 3. The SMILES string of the molecule is Nc1nc(-c2ccc3cc(Cl)ccc3n2)ns1. The van der Waals surface area contributed by atoms with Gasteiger partial charge in [0.25, 0.3) is 0 Å². The van der Waals surface area contributed by atoms with Crippen LogP contribution in [0.2, 0.25) is 5.02 Å². The molecule has 2 N–H and O–H groups in total. The van der Waals surface area contributed by atoms with Crippen LogP contribution in [0, 0.1) is 0 Å². The number of halogens is 1. The van der Waals surface area contributed by atoms with Crippen molar-refractivity contribution in [2.24, 2.45) is 0 Å². The Morgan fingerprint density at radius 1 is 1.12 bits per heavy atom. The molecule has 2 heterocycles. The Labute approximate surface area is 106 Å². The molecule has 84 valence electrons. The van der Waals surface area contributed by atoms with Crippen LogP contribution >= 0.6 is 23.1 Å². The lowest BCUT2D eigenvalue weighted by Crippen LogP contribution is -1.88. The summed E-state index contributed by atoms with van der Waals surface area (Å²) < 4.78 is 4.13. The molecule has 0 aliphatic rings. The van der Waals surface area contributed by atoms with E-state index in [2.05, 4.69) is 14.3 Å². The molecule has 0 spiro atoms. The minimum Gasteiger partial charge on any atom is -0.374 e. The monoisotopic (exact) mass is 262 g/mol. The van der Waals surface area contributed by atoms with Crippen LogP contribution in [-0.2, 0) is 0 Å². The third kappa shape index (κ3) is 1.94. The van der Waals surface area contributed by atoms with Crippen LogP contribution in [0.15, 0.2) is 30.3 Å². The molecular formula is C11H7ClN4S. The number of nitrogens with two attached hydrogens (primary N) is 1. The Bertz CT molecular complexity index is 695. The maximum absolute atomic E-state index is 5.91. The average molecular weight is 263 g/mol. The number of aromatic nitrogens is 3. The Morgan fingerprint density at radius 2 is 2.00 bits per heavy atom. The smallest absolute Gasteiger partial charge is 0.200 e. The first-order chi connectivity index (χ1) is 8.22. The van der Waals surface area contributed by atoms with Crippen molar-refractivity contribution < 1.29 is 0 Å². The fraction of sp³-hybridized carbons (Fsp3) is 0. The number of fused-ring (bicyclic) bond motifs is 1. The van der Waals surface area contributed by atoms with Gasteiger partial charge in [-0.25, -0.2) is 4.98 Å². The highest BCUT2D eigenvalue weighted by Gasteiger charge is 2.07. The molecule has 0 saturated heterocycles. The fourth-order valence-electron chi connectivity index (χ4n) is 1.56. The maximum atomic E-state index is 5.91. The van der Waals surface area contributed by atoms with Crippen molar-refractivity contribution in [3.05, 3.63) is 35.4 Å². The van der Waals surface area contributed by atoms with E-state index in [1.165, 1.54) is 0 Å². The molecule has 0 atom stereocenters. The molecular weight excluding hydrogens is 256 g/mol. The largest absolute Gasteiger partial charge is 0.374 e. The number of pyridine rings is 1. The molecule has 6 heteroatoms. The molecule has 0 aliphatic heterocycles. The van der Waals surface area contributed by atoms with E-state index >= 15 is 0 Å². The summed E-state index contributed by atoms with van der Waals surface area (Å²) in [7, 11) is 0. The van der Waals surface area contributed by atoms with Crippen LogP contribution < -0.4 is 5.73 Å². The van der Waals surface area contributed by atoms with Gasteiger partial charge in [-0.15, -0.1) is 0 Å². The van der Waals surface area contributed by atoms with E-state index in [-0.39, 0.29) is 0 Å². The van der Waals surface area contributed by atoms with E-state index in [1.54, 1.807) is 0 Å². The molecule has 0 aliphatic carbocycles. The molecule has 1 aromatic carbocycles. The van der Waals surface area contributed by atoms with Crippen molar-refractivity contribution in [3.63, 3.8) is 0 Å². The van der Waals surface area contributed by atoms with Crippen LogP contribution in [-0.4, -0.2) is 14.3 Å². The summed E-state index contributed by atoms with van der Waals surface area (Å²) in [6.45, 7) is 0. The molecule has 0 radical (unpaired) electrons. The predicted molar refractivity (Wildman–Crippen MR) is 70.1 cm³/mol. The summed E-state index contributed by atoms with van der Waals surface area (Å²) in [5.74, 6) is 0.560. The van der Waals surface area contributed by atoms with Crippen LogP contribution in [0.3, 0.4) is 0 Å². The van der Waals surface area contributed by atoms with E-state index in [0.29, 0.717) is 21.7 Å². The van der Waals surface area contributed by atoms with Gasteiger partial charge in [0.1, 0.15) is 5.69 Å². The van der Waals surface area contributed by atoms with E-state index in [0.717, 1.165) is 22.4 Å². The van der Waals surface area contributed by atoms with Gasteiger partial charge in [0.05, 0.1) is 5.52 Å². The fourth-order valence-corrected chi connectivity index (χ4v) is 2.18. The quantitative estimate of drug-likeness (QED) is 0.732. The third-order valence-electron chi connectivity index (χ3n) is 2.32. The van der Waals surface area contributed by atoms with E-state index < -0.39 is 0 Å². The summed E-state index contributed by atoms with van der Waals surface area (Å²) in [5, 5.41) is 2.13. The van der Waals surface area contributed by atoms with E-state index in [4.69, 9.17) is 17.3 Å². The average Bonchev–Trinajstić information content (AvgIpc) is 2.75. The zero-order chi connectivity index (χ0) is 11.8. The second-order valence-electron chi connectivity index (χ2n) is 3.49. The minimum atomic E-state index is 0.443. The first-order valence-electron chi connectivity index (χ1n) is 4.88. The van der Waals surface area contributed by atoms with Crippen molar-refractivity contribution >= 4 is 39.2 Å². The maximum Gasteiger partial charge on any atom is 0.200 e. The summed E-state index contributed by atoms with van der Waals surface area (Å²) in [6.07, 6.45) is 0. The number of rotatable bonds is 1. The van der Waals surface area contributed by atoms with Gasteiger partial charge in [-0.2, -0.15) is 9.36 Å². The second-order valence-corrected chi connectivity index (χ2v) is 4.71. The molecule has 0 saturated carbocycles. The Kier molecular flexibility index (Phi) is 2.42. The zero-order valence-corrected chi connectivity index (χ0v) is 10.2. The molecule has 0 fully saturated rings. The van der Waals surface area contributed by atoms with Crippen LogP contribution in [0.4, 0.5) is 5.13 Å². The van der Waals surface area contributed by atoms with Gasteiger partial charge in [0, 0.05) is 21.9 Å². The number of hydrogen-bond donors (Lipinski definition) is 1. The standard InChI is InChI=1S/C11H7ClN4S/c12-7-2-4-8-6(5-7)1-3-9(14-8)10-15-11(13)17-16-10/h1-5H,(H2,13,15,16). The van der Waals surface area contributed by atoms with Gasteiger partial charge in [0.2, 0.25) is 0 Å². The van der Waals surface area contributed by atoms with Crippen LogP contribution in [0.5, 0.6) is 0 Å². The van der Waals surface area contributed by atoms with Gasteiger partial charge in [-0.05, 0) is 24.3 Å². The molecule has 0 amide bonds.